The summed E-state index contributed by atoms with van der Waals surface area (Å²) in [5, 5.41) is 11.1. The lowest BCUT2D eigenvalue weighted by Gasteiger charge is -2.26. The lowest BCUT2D eigenvalue weighted by molar-refractivity contribution is -0.137. The Balaban J connectivity index is 1.93. The van der Waals surface area contributed by atoms with E-state index in [-0.39, 0.29) is 22.6 Å². The highest BCUT2D eigenvalue weighted by Crippen LogP contribution is 2.44. The molecular weight excluding hydrogens is 482 g/mol. The maximum absolute atomic E-state index is 14.9. The fraction of sp³-hybridized carbons (Fsp3) is 0.154. The highest BCUT2D eigenvalue weighted by atomic mass is 19.4. The molecular formula is C26H19F4NO5. The van der Waals surface area contributed by atoms with Crippen molar-refractivity contribution in [1.82, 2.24) is 0 Å². The standard InChI is InChI=1S/C26H19F4NO5/c1-35-19-12-7-14(13-20(19)36-2)23(32)21-22(17-5-3-4-6-18(17)27)31(25(34)24(21)33)16-10-8-15(9-11-16)26(28,29)30/h3-13,22,32H,1-2H3/b23-21+. The first kappa shape index (κ1) is 24.8. The predicted octanol–water partition coefficient (Wildman–Crippen LogP) is 5.49. The molecule has 1 atom stereocenters. The highest BCUT2D eigenvalue weighted by Gasteiger charge is 2.48. The fourth-order valence-electron chi connectivity index (χ4n) is 4.04. The van der Waals surface area contributed by atoms with E-state index in [0.29, 0.717) is 5.75 Å². The van der Waals surface area contributed by atoms with Crippen molar-refractivity contribution in [2.24, 2.45) is 0 Å². The van der Waals surface area contributed by atoms with Crippen molar-refractivity contribution in [3.63, 3.8) is 0 Å². The molecule has 1 saturated heterocycles. The average molecular weight is 501 g/mol. The van der Waals surface area contributed by atoms with Gasteiger partial charge in [-0.15, -0.1) is 0 Å². The van der Waals surface area contributed by atoms with Gasteiger partial charge in [-0.3, -0.25) is 14.5 Å². The maximum Gasteiger partial charge on any atom is 0.416 e. The number of ketones is 1. The molecule has 4 rings (SSSR count). The topological polar surface area (TPSA) is 76.1 Å². The molecule has 1 fully saturated rings. The van der Waals surface area contributed by atoms with Crippen molar-refractivity contribution < 1.29 is 41.7 Å². The van der Waals surface area contributed by atoms with Crippen LogP contribution < -0.4 is 14.4 Å². The van der Waals surface area contributed by atoms with Crippen LogP contribution in [0.5, 0.6) is 11.5 Å². The number of hydrogen-bond acceptors (Lipinski definition) is 5. The summed E-state index contributed by atoms with van der Waals surface area (Å²) in [6.45, 7) is 0. The minimum atomic E-state index is -4.62. The van der Waals surface area contributed by atoms with Gasteiger partial charge in [0, 0.05) is 16.8 Å². The van der Waals surface area contributed by atoms with E-state index >= 15 is 0 Å². The minimum absolute atomic E-state index is 0.0790. The molecule has 0 bridgehead atoms. The Morgan fingerprint density at radius 2 is 1.56 bits per heavy atom. The lowest BCUT2D eigenvalue weighted by Crippen LogP contribution is -2.30. The molecule has 0 aliphatic carbocycles. The number of alkyl halides is 3. The second-order valence-corrected chi connectivity index (χ2v) is 7.81. The van der Waals surface area contributed by atoms with Crippen LogP contribution in [0.4, 0.5) is 23.2 Å². The molecule has 1 N–H and O–H groups in total. The van der Waals surface area contributed by atoms with Gasteiger partial charge < -0.3 is 14.6 Å². The molecule has 1 aliphatic rings. The number of anilines is 1. The molecule has 10 heteroatoms. The van der Waals surface area contributed by atoms with Gasteiger partial charge in [-0.05, 0) is 48.5 Å². The van der Waals surface area contributed by atoms with E-state index in [1.165, 1.54) is 50.6 Å². The number of benzene rings is 3. The van der Waals surface area contributed by atoms with Gasteiger partial charge in [0.15, 0.2) is 11.5 Å². The van der Waals surface area contributed by atoms with E-state index in [2.05, 4.69) is 0 Å². The number of carbonyl (C=O) groups is 2. The number of ether oxygens (including phenoxy) is 2. The van der Waals surface area contributed by atoms with Gasteiger partial charge in [0.2, 0.25) is 0 Å². The van der Waals surface area contributed by atoms with Crippen molar-refractivity contribution in [1.29, 1.82) is 0 Å². The number of halogens is 4. The number of rotatable bonds is 5. The number of Topliss-reactive ketones (excluding diaryl/α,β-unsaturated/α-hetero) is 1. The molecule has 1 unspecified atom stereocenters. The number of carbonyl (C=O) groups excluding carboxylic acids is 2. The summed E-state index contributed by atoms with van der Waals surface area (Å²) in [6.07, 6.45) is -4.62. The number of methoxy groups -OCH3 is 2. The largest absolute Gasteiger partial charge is 0.507 e. The number of aliphatic hydroxyl groups is 1. The summed E-state index contributed by atoms with van der Waals surface area (Å²) in [6, 6.07) is 11.6. The maximum atomic E-state index is 14.9. The average Bonchev–Trinajstić information content (AvgIpc) is 3.13. The van der Waals surface area contributed by atoms with Crippen LogP contribution in [0.1, 0.15) is 22.7 Å². The number of aliphatic hydroxyl groups excluding tert-OH is 1. The third kappa shape index (κ3) is 4.26. The van der Waals surface area contributed by atoms with Crippen LogP contribution in [0, 0.1) is 5.82 Å². The Hall–Kier alpha value is -4.34. The van der Waals surface area contributed by atoms with Crippen LogP contribution in [0.2, 0.25) is 0 Å². The highest BCUT2D eigenvalue weighted by molar-refractivity contribution is 6.51. The second-order valence-electron chi connectivity index (χ2n) is 7.81. The normalized spacial score (nSPS) is 17.4. The molecule has 1 amide bonds. The molecule has 3 aromatic carbocycles. The molecule has 1 aliphatic heterocycles. The minimum Gasteiger partial charge on any atom is -0.507 e. The van der Waals surface area contributed by atoms with Crippen molar-refractivity contribution in [3.8, 4) is 11.5 Å². The van der Waals surface area contributed by atoms with E-state index in [4.69, 9.17) is 9.47 Å². The Morgan fingerprint density at radius 1 is 0.917 bits per heavy atom. The lowest BCUT2D eigenvalue weighted by atomic mass is 9.94. The van der Waals surface area contributed by atoms with Crippen LogP contribution in [0.3, 0.4) is 0 Å². The van der Waals surface area contributed by atoms with Gasteiger partial charge in [0.05, 0.1) is 31.4 Å². The van der Waals surface area contributed by atoms with Gasteiger partial charge in [-0.25, -0.2) is 4.39 Å². The van der Waals surface area contributed by atoms with Gasteiger partial charge in [0.1, 0.15) is 11.6 Å². The zero-order valence-corrected chi connectivity index (χ0v) is 19.0. The number of amides is 1. The predicted molar refractivity (Wildman–Crippen MR) is 122 cm³/mol. The van der Waals surface area contributed by atoms with Crippen LogP contribution in [0.25, 0.3) is 5.76 Å². The smallest absolute Gasteiger partial charge is 0.416 e. The second kappa shape index (κ2) is 9.37. The number of nitrogens with zero attached hydrogens (tertiary/aromatic N) is 1. The SMILES string of the molecule is COc1ccc(/C(O)=C2\C(=O)C(=O)N(c3ccc(C(F)(F)F)cc3)C2c2ccccc2F)cc1OC. The van der Waals surface area contributed by atoms with Gasteiger partial charge in [0.25, 0.3) is 11.7 Å². The summed E-state index contributed by atoms with van der Waals surface area (Å²) in [5.41, 5.74) is -1.52. The first-order valence-corrected chi connectivity index (χ1v) is 10.5. The Kier molecular flexibility index (Phi) is 6.45. The third-order valence-corrected chi connectivity index (χ3v) is 5.77. The Labute approximate surface area is 203 Å². The third-order valence-electron chi connectivity index (χ3n) is 5.77. The molecule has 0 radical (unpaired) electrons. The van der Waals surface area contributed by atoms with Crippen molar-refractivity contribution in [2.75, 3.05) is 19.1 Å². The Bertz CT molecular complexity index is 1370. The first-order valence-electron chi connectivity index (χ1n) is 10.5. The summed E-state index contributed by atoms with van der Waals surface area (Å²) in [4.78, 5) is 27.1. The summed E-state index contributed by atoms with van der Waals surface area (Å²) >= 11 is 0. The molecule has 0 saturated carbocycles. The zero-order chi connectivity index (χ0) is 26.2. The molecule has 36 heavy (non-hydrogen) atoms. The fourth-order valence-corrected chi connectivity index (χ4v) is 4.04. The molecule has 1 heterocycles. The van der Waals surface area contributed by atoms with Gasteiger partial charge >= 0.3 is 6.18 Å². The monoisotopic (exact) mass is 501 g/mol. The van der Waals surface area contributed by atoms with Crippen molar-refractivity contribution in [3.05, 3.63) is 94.8 Å². The van der Waals surface area contributed by atoms with Crippen molar-refractivity contribution in [2.45, 2.75) is 12.2 Å². The van der Waals surface area contributed by atoms with Crippen LogP contribution >= 0.6 is 0 Å². The van der Waals surface area contributed by atoms with E-state index in [1.54, 1.807) is 0 Å². The van der Waals surface area contributed by atoms with E-state index in [0.717, 1.165) is 35.2 Å². The molecule has 0 aromatic heterocycles. The van der Waals surface area contributed by atoms with Gasteiger partial charge in [-0.1, -0.05) is 18.2 Å². The van der Waals surface area contributed by atoms with Crippen LogP contribution in [-0.2, 0) is 15.8 Å². The molecule has 0 spiro atoms. The van der Waals surface area contributed by atoms with E-state index in [1.807, 2.05) is 0 Å². The summed E-state index contributed by atoms with van der Waals surface area (Å²) in [7, 11) is 2.77. The summed E-state index contributed by atoms with van der Waals surface area (Å²) in [5.74, 6) is -3.09. The first-order chi connectivity index (χ1) is 17.1. The zero-order valence-electron chi connectivity index (χ0n) is 19.0. The Morgan fingerprint density at radius 3 is 2.14 bits per heavy atom. The van der Waals surface area contributed by atoms with Crippen molar-refractivity contribution >= 4 is 23.1 Å². The molecule has 186 valence electrons. The van der Waals surface area contributed by atoms with Crippen LogP contribution in [-0.4, -0.2) is 31.0 Å². The van der Waals surface area contributed by atoms with Crippen LogP contribution in [0.15, 0.2) is 72.3 Å². The molecule has 6 nitrogen and oxygen atoms in total. The number of hydrogen-bond donors (Lipinski definition) is 1. The van der Waals surface area contributed by atoms with E-state index in [9.17, 15) is 32.3 Å². The quantitative estimate of drug-likeness (QED) is 0.217. The molecule has 3 aromatic rings. The van der Waals surface area contributed by atoms with E-state index < -0.39 is 46.6 Å². The van der Waals surface area contributed by atoms with Gasteiger partial charge in [-0.2, -0.15) is 13.2 Å². The summed E-state index contributed by atoms with van der Waals surface area (Å²) < 4.78 is 64.5.